The summed E-state index contributed by atoms with van der Waals surface area (Å²) in [4.78, 5) is 0. The average Bonchev–Trinajstić information content (AvgIpc) is 2.27. The van der Waals surface area contributed by atoms with Crippen LogP contribution in [-0.4, -0.2) is 13.7 Å². The molecule has 14 heavy (non-hydrogen) atoms. The topological polar surface area (TPSA) is 42.2 Å². The zero-order valence-electron chi connectivity index (χ0n) is 7.78. The summed E-state index contributed by atoms with van der Waals surface area (Å²) in [6.45, 7) is 0.461. The summed E-state index contributed by atoms with van der Waals surface area (Å²) in [5, 5.41) is 8.89. The number of nitrogens with zero attached hydrogens (tertiary/aromatic N) is 1. The van der Waals surface area contributed by atoms with E-state index in [1.165, 1.54) is 0 Å². The van der Waals surface area contributed by atoms with E-state index in [-0.39, 0.29) is 0 Å². The molecular weight excluding hydrogens is 178 g/mol. The minimum absolute atomic E-state index is 0.461. The van der Waals surface area contributed by atoms with Gasteiger partial charge in [-0.05, 0) is 24.3 Å². The predicted octanol–water partition coefficient (Wildman–Crippen LogP) is 1.99. The number of rotatable bonds is 1. The fourth-order valence-electron chi connectivity index (χ4n) is 1.40. The number of methoxy groups -OCH3 is 1. The predicted molar refractivity (Wildman–Crippen MR) is 52.1 cm³/mol. The first-order valence-electron chi connectivity index (χ1n) is 4.26. The molecule has 0 bridgehead atoms. The van der Waals surface area contributed by atoms with E-state index >= 15 is 0 Å². The van der Waals surface area contributed by atoms with Crippen molar-refractivity contribution >= 4 is 5.57 Å². The Labute approximate surface area is 82.2 Å². The van der Waals surface area contributed by atoms with Crippen LogP contribution in [0, 0.1) is 11.3 Å². The van der Waals surface area contributed by atoms with Crippen molar-refractivity contribution in [3.8, 4) is 17.6 Å². The van der Waals surface area contributed by atoms with E-state index in [2.05, 4.69) is 6.07 Å². The first kappa shape index (κ1) is 8.64. The molecule has 0 spiro atoms. The molecule has 0 saturated carbocycles. The maximum Gasteiger partial charge on any atom is 0.128 e. The highest BCUT2D eigenvalue weighted by Gasteiger charge is 2.13. The number of ether oxygens (including phenoxy) is 2. The standard InChI is InChI=1S/C11H9NO2/c1-13-9-2-3-11-10(6-9)8(7-12)4-5-14-11/h2-4,6H,5H2,1H3. The van der Waals surface area contributed by atoms with Crippen molar-refractivity contribution in [1.82, 2.24) is 0 Å². The molecule has 2 rings (SSSR count). The summed E-state index contributed by atoms with van der Waals surface area (Å²) in [5.74, 6) is 1.47. The number of hydrogen-bond acceptors (Lipinski definition) is 3. The molecule has 1 aromatic carbocycles. The molecule has 0 aromatic heterocycles. The van der Waals surface area contributed by atoms with Gasteiger partial charge in [0.25, 0.3) is 0 Å². The Balaban J connectivity index is 2.53. The van der Waals surface area contributed by atoms with Crippen LogP contribution < -0.4 is 9.47 Å². The largest absolute Gasteiger partial charge is 0.497 e. The summed E-state index contributed by atoms with van der Waals surface area (Å²) in [7, 11) is 1.60. The van der Waals surface area contributed by atoms with Crippen LogP contribution in [0.4, 0.5) is 0 Å². The third-order valence-corrected chi connectivity index (χ3v) is 2.12. The van der Waals surface area contributed by atoms with Gasteiger partial charge in [-0.1, -0.05) is 0 Å². The van der Waals surface area contributed by atoms with Crippen LogP contribution in [0.2, 0.25) is 0 Å². The molecule has 0 unspecified atom stereocenters. The summed E-state index contributed by atoms with van der Waals surface area (Å²) < 4.78 is 10.5. The van der Waals surface area contributed by atoms with Crippen LogP contribution in [0.1, 0.15) is 5.56 Å². The smallest absolute Gasteiger partial charge is 0.128 e. The highest BCUT2D eigenvalue weighted by Crippen LogP contribution is 2.32. The molecule has 70 valence electrons. The Kier molecular flexibility index (Phi) is 2.11. The third-order valence-electron chi connectivity index (χ3n) is 2.12. The number of nitriles is 1. The molecule has 0 radical (unpaired) electrons. The van der Waals surface area contributed by atoms with Crippen LogP contribution >= 0.6 is 0 Å². The molecule has 1 aromatic rings. The van der Waals surface area contributed by atoms with Crippen molar-refractivity contribution in [3.63, 3.8) is 0 Å². The Bertz CT molecular complexity index is 429. The van der Waals surface area contributed by atoms with Crippen molar-refractivity contribution in [2.75, 3.05) is 13.7 Å². The molecule has 1 aliphatic rings. The van der Waals surface area contributed by atoms with Gasteiger partial charge in [0.15, 0.2) is 0 Å². The van der Waals surface area contributed by atoms with Gasteiger partial charge in [-0.3, -0.25) is 0 Å². The summed E-state index contributed by atoms with van der Waals surface area (Å²) in [6.07, 6.45) is 1.77. The van der Waals surface area contributed by atoms with Gasteiger partial charge in [0.05, 0.1) is 18.8 Å². The molecule has 0 aliphatic carbocycles. The van der Waals surface area contributed by atoms with Crippen molar-refractivity contribution < 1.29 is 9.47 Å². The van der Waals surface area contributed by atoms with Crippen LogP contribution in [0.3, 0.4) is 0 Å². The minimum Gasteiger partial charge on any atom is -0.497 e. The zero-order valence-corrected chi connectivity index (χ0v) is 7.78. The molecule has 0 atom stereocenters. The second-order valence-corrected chi connectivity index (χ2v) is 2.90. The quantitative estimate of drug-likeness (QED) is 0.675. The van der Waals surface area contributed by atoms with E-state index < -0.39 is 0 Å². The lowest BCUT2D eigenvalue weighted by Crippen LogP contribution is -2.03. The molecule has 1 heterocycles. The first-order chi connectivity index (χ1) is 6.85. The normalized spacial score (nSPS) is 13.3. The van der Waals surface area contributed by atoms with Crippen LogP contribution in [0.5, 0.6) is 11.5 Å². The van der Waals surface area contributed by atoms with Gasteiger partial charge >= 0.3 is 0 Å². The van der Waals surface area contributed by atoms with Gasteiger partial charge in [0, 0.05) is 5.56 Å². The maximum absolute atomic E-state index is 8.89. The Hall–Kier alpha value is -1.95. The molecule has 0 amide bonds. The average molecular weight is 187 g/mol. The van der Waals surface area contributed by atoms with Gasteiger partial charge in [0.1, 0.15) is 18.1 Å². The Morgan fingerprint density at radius 3 is 3.07 bits per heavy atom. The van der Waals surface area contributed by atoms with E-state index in [0.717, 1.165) is 17.1 Å². The zero-order chi connectivity index (χ0) is 9.97. The second-order valence-electron chi connectivity index (χ2n) is 2.90. The van der Waals surface area contributed by atoms with Crippen LogP contribution in [0.15, 0.2) is 24.3 Å². The van der Waals surface area contributed by atoms with Crippen LogP contribution in [0.25, 0.3) is 5.57 Å². The lowest BCUT2D eigenvalue weighted by molar-refractivity contribution is 0.355. The van der Waals surface area contributed by atoms with Gasteiger partial charge < -0.3 is 9.47 Å². The minimum atomic E-state index is 0.461. The van der Waals surface area contributed by atoms with E-state index in [9.17, 15) is 0 Å². The summed E-state index contributed by atoms with van der Waals surface area (Å²) in [6, 6.07) is 7.58. The Morgan fingerprint density at radius 2 is 2.36 bits per heavy atom. The fraction of sp³-hybridized carbons (Fsp3) is 0.182. The van der Waals surface area contributed by atoms with Crippen LogP contribution in [-0.2, 0) is 0 Å². The van der Waals surface area contributed by atoms with E-state index in [1.54, 1.807) is 13.2 Å². The first-order valence-corrected chi connectivity index (χ1v) is 4.26. The second kappa shape index (κ2) is 3.43. The van der Waals surface area contributed by atoms with Crippen molar-refractivity contribution in [2.24, 2.45) is 0 Å². The fourth-order valence-corrected chi connectivity index (χ4v) is 1.40. The summed E-state index contributed by atoms with van der Waals surface area (Å²) >= 11 is 0. The number of allylic oxidation sites excluding steroid dienone is 1. The molecule has 0 saturated heterocycles. The number of benzene rings is 1. The molecule has 3 heteroatoms. The highest BCUT2D eigenvalue weighted by atomic mass is 16.5. The number of hydrogen-bond donors (Lipinski definition) is 0. The highest BCUT2D eigenvalue weighted by molar-refractivity contribution is 5.82. The van der Waals surface area contributed by atoms with Gasteiger partial charge in [0.2, 0.25) is 0 Å². The molecular formula is C11H9NO2. The monoisotopic (exact) mass is 187 g/mol. The van der Waals surface area contributed by atoms with Crippen molar-refractivity contribution in [1.29, 1.82) is 5.26 Å². The van der Waals surface area contributed by atoms with E-state index in [0.29, 0.717) is 12.2 Å². The molecule has 3 nitrogen and oxygen atoms in total. The lowest BCUT2D eigenvalue weighted by Gasteiger charge is -2.15. The summed E-state index contributed by atoms with van der Waals surface area (Å²) in [5.41, 5.74) is 1.45. The van der Waals surface area contributed by atoms with E-state index in [1.807, 2.05) is 18.2 Å². The third kappa shape index (κ3) is 1.31. The van der Waals surface area contributed by atoms with Crippen molar-refractivity contribution in [2.45, 2.75) is 0 Å². The maximum atomic E-state index is 8.89. The number of fused-ring (bicyclic) bond motifs is 1. The molecule has 0 N–H and O–H groups in total. The molecule has 1 aliphatic heterocycles. The molecule has 0 fully saturated rings. The van der Waals surface area contributed by atoms with Gasteiger partial charge in [-0.2, -0.15) is 5.26 Å². The lowest BCUT2D eigenvalue weighted by atomic mass is 10.0. The SMILES string of the molecule is COc1ccc2c(c1)C(C#N)=CCO2. The van der Waals surface area contributed by atoms with Gasteiger partial charge in [-0.25, -0.2) is 0 Å². The van der Waals surface area contributed by atoms with E-state index in [4.69, 9.17) is 14.7 Å². The van der Waals surface area contributed by atoms with Gasteiger partial charge in [-0.15, -0.1) is 0 Å². The Morgan fingerprint density at radius 1 is 1.50 bits per heavy atom. The van der Waals surface area contributed by atoms with Crippen molar-refractivity contribution in [3.05, 3.63) is 29.8 Å².